The van der Waals surface area contributed by atoms with Crippen molar-refractivity contribution in [2.24, 2.45) is 0 Å². The molecule has 0 saturated carbocycles. The van der Waals surface area contributed by atoms with Crippen molar-refractivity contribution < 1.29 is 9.31 Å². The molecule has 1 saturated heterocycles. The van der Waals surface area contributed by atoms with E-state index in [2.05, 4.69) is 468 Å². The lowest BCUT2D eigenvalue weighted by atomic mass is 9.77. The molecule has 0 N–H and O–H groups in total. The third-order valence-corrected chi connectivity index (χ3v) is 23.9. The van der Waals surface area contributed by atoms with Crippen LogP contribution in [0.4, 0.5) is 0 Å². The monoisotopic (exact) mass is 1580 g/mol. The molecule has 562 valence electrons. The molecule has 21 rings (SSSR count). The number of hydrogen-bond acceptors (Lipinski definition) is 4. The summed E-state index contributed by atoms with van der Waals surface area (Å²) in [6.45, 7) is 8.38. The third kappa shape index (κ3) is 14.5. The number of benzene rings is 18. The fourth-order valence-corrected chi connectivity index (χ4v) is 17.5. The van der Waals surface area contributed by atoms with Crippen LogP contribution < -0.4 is 5.46 Å². The molecule has 3 heterocycles. The van der Waals surface area contributed by atoms with Crippen molar-refractivity contribution in [2.75, 3.05) is 0 Å². The lowest BCUT2D eigenvalue weighted by Crippen LogP contribution is -2.41. The molecule has 4 nitrogen and oxygen atoms in total. The summed E-state index contributed by atoms with van der Waals surface area (Å²) in [5.74, 6) is 0. The van der Waals surface area contributed by atoms with Crippen molar-refractivity contribution in [1.82, 2.24) is 9.97 Å². The Morgan fingerprint density at radius 2 is 0.492 bits per heavy atom. The van der Waals surface area contributed by atoms with Gasteiger partial charge >= 0.3 is 7.12 Å². The molecule has 1 aliphatic rings. The summed E-state index contributed by atoms with van der Waals surface area (Å²) in [6, 6.07) is 151. The lowest BCUT2D eigenvalue weighted by Gasteiger charge is -2.32. The number of aromatic nitrogens is 2. The fraction of sp³-hybridized carbons (Fsp3) is 0.0536. The van der Waals surface area contributed by atoms with Gasteiger partial charge in [-0.1, -0.05) is 416 Å². The van der Waals surface area contributed by atoms with Crippen LogP contribution in [-0.4, -0.2) is 28.3 Å². The van der Waals surface area contributed by atoms with Crippen molar-refractivity contribution in [3.8, 4) is 33.4 Å². The molecule has 2 aromatic heterocycles. The molecule has 0 unspecified atom stereocenters. The zero-order chi connectivity index (χ0) is 79.7. The van der Waals surface area contributed by atoms with Crippen molar-refractivity contribution in [3.63, 3.8) is 0 Å². The number of fused-ring (bicyclic) bond motifs is 12. The van der Waals surface area contributed by atoms with Crippen LogP contribution in [0.1, 0.15) is 72.2 Å². The molecule has 0 radical (unpaired) electrons. The van der Waals surface area contributed by atoms with E-state index in [-0.39, 0.29) is 11.2 Å². The van der Waals surface area contributed by atoms with E-state index in [0.717, 1.165) is 69.9 Å². The van der Waals surface area contributed by atoms with Gasteiger partial charge in [-0.2, -0.15) is 0 Å². The standard InChI is InChI=1S/C53H35N.C33H28BNO2.C26H19Br/c1-4-18-38(19-5-1)49(39-20-6-2-7-21-39)50(40-22-8-3-9-23-40)43-26-14-24-41(34-43)42-25-15-27-44(35-42)51-47-32-30-36-16-10-12-28-45(36)52(47)54-53-46-29-13-11-17-37(46)31-33-48(51)53;1-32(2)33(3,4)37-34(36-32)24-13-9-12-23(20-24)29-27-18-16-21-10-5-7-14-25(21)30(27)35-31-26-15-8-6-11-22(26)17-19-28(29)31;27-24-18-10-17-23(19-24)26(22-15-8-3-9-16-22)25(20-11-4-1-5-12-20)21-13-6-2-7-14-21/h1-35H;5-20H,1-4H3;1-19H. The van der Waals surface area contributed by atoms with E-state index in [1.165, 1.54) is 127 Å². The van der Waals surface area contributed by atoms with Gasteiger partial charge < -0.3 is 9.31 Å². The van der Waals surface area contributed by atoms with E-state index in [0.29, 0.717) is 0 Å². The molecule has 0 atom stereocenters. The second kappa shape index (κ2) is 32.2. The molecule has 118 heavy (non-hydrogen) atoms. The Balaban J connectivity index is 0.000000125. The maximum Gasteiger partial charge on any atom is 0.494 e. The van der Waals surface area contributed by atoms with E-state index >= 15 is 0 Å². The maximum absolute atomic E-state index is 6.40. The van der Waals surface area contributed by atoms with E-state index in [4.69, 9.17) is 19.3 Å². The van der Waals surface area contributed by atoms with E-state index in [9.17, 15) is 0 Å². The van der Waals surface area contributed by atoms with Gasteiger partial charge in [0, 0.05) is 58.7 Å². The van der Waals surface area contributed by atoms with E-state index in [1.54, 1.807) is 0 Å². The molecular formula is C112H82BBrN2O2. The van der Waals surface area contributed by atoms with Crippen LogP contribution in [0, 0.1) is 0 Å². The van der Waals surface area contributed by atoms with Crippen LogP contribution in [0.25, 0.3) is 142 Å². The molecule has 18 aromatic carbocycles. The molecule has 0 amide bonds. The molecular weight excluding hydrogens is 1500 g/mol. The van der Waals surface area contributed by atoms with Gasteiger partial charge in [0.25, 0.3) is 0 Å². The zero-order valence-electron chi connectivity index (χ0n) is 66.1. The Bertz CT molecular complexity index is 6950. The Morgan fingerprint density at radius 1 is 0.229 bits per heavy atom. The quantitative estimate of drug-likeness (QED) is 0.0529. The molecule has 1 aliphatic heterocycles. The minimum atomic E-state index is -0.411. The highest BCUT2D eigenvalue weighted by molar-refractivity contribution is 9.10. The van der Waals surface area contributed by atoms with Crippen LogP contribution in [0.2, 0.25) is 0 Å². The van der Waals surface area contributed by atoms with Crippen LogP contribution >= 0.6 is 15.9 Å². The Kier molecular flexibility index (Phi) is 20.3. The van der Waals surface area contributed by atoms with Crippen molar-refractivity contribution >= 4 is 138 Å². The van der Waals surface area contributed by atoms with Gasteiger partial charge in [0.05, 0.1) is 33.3 Å². The molecule has 20 aromatic rings. The first-order valence-electron chi connectivity index (χ1n) is 40.5. The summed E-state index contributed by atoms with van der Waals surface area (Å²) in [5, 5.41) is 14.1. The van der Waals surface area contributed by atoms with E-state index in [1.807, 2.05) is 0 Å². The first kappa shape index (κ1) is 74.4. The minimum absolute atomic E-state index is 0.387. The topological polar surface area (TPSA) is 44.2 Å². The predicted molar refractivity (Wildman–Crippen MR) is 503 cm³/mol. The Morgan fingerprint density at radius 3 is 0.839 bits per heavy atom. The highest BCUT2D eigenvalue weighted by Crippen LogP contribution is 2.46. The van der Waals surface area contributed by atoms with Gasteiger partial charge in [0.1, 0.15) is 0 Å². The SMILES string of the molecule is Brc1cccc(C(=C(c2ccccc2)c2ccccc2)c2ccccc2)c1.CC1(C)OB(c2cccc(-c3c4ccc5ccccc5c4nc4c3ccc3ccccc34)c2)OC1(C)C.c1ccc(C(=C(c2ccccc2)c2cccc(-c3cccc(-c4c5ccc6ccccc6c5nc5c4ccc4ccccc45)c3)c2)c2ccccc2)cc1. The largest absolute Gasteiger partial charge is 0.494 e. The van der Waals surface area contributed by atoms with Crippen LogP contribution in [-0.2, 0) is 9.31 Å². The maximum atomic E-state index is 6.40. The molecule has 1 fully saturated rings. The number of pyridine rings is 2. The summed E-state index contributed by atoms with van der Waals surface area (Å²) < 4.78 is 13.9. The van der Waals surface area contributed by atoms with Gasteiger partial charge in [-0.25, -0.2) is 9.97 Å². The van der Waals surface area contributed by atoms with Gasteiger partial charge in [-0.05, 0) is 168 Å². The van der Waals surface area contributed by atoms with Crippen molar-refractivity contribution in [1.29, 1.82) is 0 Å². The highest BCUT2D eigenvalue weighted by Gasteiger charge is 2.52. The van der Waals surface area contributed by atoms with Crippen LogP contribution in [0.5, 0.6) is 0 Å². The smallest absolute Gasteiger partial charge is 0.399 e. The molecule has 0 bridgehead atoms. The summed E-state index contributed by atoms with van der Waals surface area (Å²) in [4.78, 5) is 10.7. The number of hydrogen-bond donors (Lipinski definition) is 0. The third-order valence-electron chi connectivity index (χ3n) is 23.5. The summed E-state index contributed by atoms with van der Waals surface area (Å²) in [5.41, 5.74) is 25.8. The van der Waals surface area contributed by atoms with Gasteiger partial charge in [0.15, 0.2) is 0 Å². The summed E-state index contributed by atoms with van der Waals surface area (Å²) in [6.07, 6.45) is 0. The molecule has 6 heteroatoms. The lowest BCUT2D eigenvalue weighted by molar-refractivity contribution is 0.00578. The van der Waals surface area contributed by atoms with Gasteiger partial charge in [0.2, 0.25) is 0 Å². The normalized spacial score (nSPS) is 12.8. The molecule has 0 spiro atoms. The first-order chi connectivity index (χ1) is 57.9. The minimum Gasteiger partial charge on any atom is -0.399 e. The van der Waals surface area contributed by atoms with Crippen molar-refractivity contribution in [2.45, 2.75) is 38.9 Å². The highest BCUT2D eigenvalue weighted by atomic mass is 79.9. The van der Waals surface area contributed by atoms with E-state index < -0.39 is 7.12 Å². The van der Waals surface area contributed by atoms with Gasteiger partial charge in [-0.3, -0.25) is 0 Å². The first-order valence-corrected chi connectivity index (χ1v) is 41.2. The number of rotatable bonds is 12. The number of nitrogens with zero attached hydrogens (tertiary/aromatic N) is 2. The predicted octanol–water partition coefficient (Wildman–Crippen LogP) is 29.2. The van der Waals surface area contributed by atoms with Crippen molar-refractivity contribution in [3.05, 3.63) is 474 Å². The second-order valence-electron chi connectivity index (χ2n) is 31.3. The average molecular weight is 1580 g/mol. The zero-order valence-corrected chi connectivity index (χ0v) is 67.7. The van der Waals surface area contributed by atoms with Gasteiger partial charge in [-0.15, -0.1) is 0 Å². The molecule has 0 aliphatic carbocycles. The van der Waals surface area contributed by atoms with Crippen LogP contribution in [0.3, 0.4) is 0 Å². The number of halogens is 1. The summed E-state index contributed by atoms with van der Waals surface area (Å²) >= 11 is 3.64. The second-order valence-corrected chi connectivity index (χ2v) is 32.2. The Labute approximate surface area is 697 Å². The average Bonchev–Trinajstić information content (AvgIpc) is 0.825. The Hall–Kier alpha value is -13.7. The summed E-state index contributed by atoms with van der Waals surface area (Å²) in [7, 11) is -0.411. The van der Waals surface area contributed by atoms with Crippen LogP contribution in [0.15, 0.2) is 429 Å². The fourth-order valence-electron chi connectivity index (χ4n) is 17.1.